The van der Waals surface area contributed by atoms with Gasteiger partial charge in [-0.25, -0.2) is 0 Å². The highest BCUT2D eigenvalue weighted by molar-refractivity contribution is 5.95. The van der Waals surface area contributed by atoms with E-state index >= 15 is 0 Å². The summed E-state index contributed by atoms with van der Waals surface area (Å²) in [7, 11) is 1.59. The van der Waals surface area contributed by atoms with Crippen molar-refractivity contribution >= 4 is 11.6 Å². The van der Waals surface area contributed by atoms with Crippen LogP contribution in [0.1, 0.15) is 26.3 Å². The molecule has 0 aliphatic rings. The summed E-state index contributed by atoms with van der Waals surface area (Å²) in [4.78, 5) is 11.8. The molecular formula is C13H19NO2. The fraction of sp³-hybridized carbons (Fsp3) is 0.462. The Morgan fingerprint density at radius 3 is 2.44 bits per heavy atom. The molecule has 0 saturated carbocycles. The number of anilines is 1. The molecule has 0 saturated heterocycles. The van der Waals surface area contributed by atoms with E-state index < -0.39 is 5.41 Å². The lowest BCUT2D eigenvalue weighted by atomic mass is 9.95. The first kappa shape index (κ1) is 12.6. The molecule has 1 aromatic carbocycles. The van der Waals surface area contributed by atoms with E-state index in [-0.39, 0.29) is 5.91 Å². The number of benzene rings is 1. The van der Waals surface area contributed by atoms with E-state index in [1.54, 1.807) is 7.11 Å². The molecule has 1 amide bonds. The van der Waals surface area contributed by atoms with Crippen molar-refractivity contribution < 1.29 is 9.53 Å². The van der Waals surface area contributed by atoms with Crippen molar-refractivity contribution in [2.75, 3.05) is 12.4 Å². The van der Waals surface area contributed by atoms with Gasteiger partial charge in [0.15, 0.2) is 0 Å². The van der Waals surface area contributed by atoms with Crippen LogP contribution < -0.4 is 10.1 Å². The highest BCUT2D eigenvalue weighted by atomic mass is 16.5. The van der Waals surface area contributed by atoms with Crippen molar-refractivity contribution in [3.63, 3.8) is 0 Å². The molecule has 0 spiro atoms. The molecule has 0 radical (unpaired) electrons. The van der Waals surface area contributed by atoms with Gasteiger partial charge in [-0.2, -0.15) is 0 Å². The average molecular weight is 221 g/mol. The van der Waals surface area contributed by atoms with E-state index in [1.807, 2.05) is 45.9 Å². The van der Waals surface area contributed by atoms with Gasteiger partial charge in [-0.1, -0.05) is 26.8 Å². The molecule has 0 heterocycles. The molecule has 3 nitrogen and oxygen atoms in total. The number of nitrogens with one attached hydrogen (secondary N) is 1. The molecule has 0 fully saturated rings. The van der Waals surface area contributed by atoms with Gasteiger partial charge in [0.05, 0.1) is 12.8 Å². The van der Waals surface area contributed by atoms with Gasteiger partial charge in [-0.05, 0) is 24.6 Å². The van der Waals surface area contributed by atoms with Gasteiger partial charge in [-0.15, -0.1) is 0 Å². The van der Waals surface area contributed by atoms with Crippen LogP contribution in [0.5, 0.6) is 5.75 Å². The van der Waals surface area contributed by atoms with Crippen molar-refractivity contribution in [3.8, 4) is 5.75 Å². The van der Waals surface area contributed by atoms with E-state index in [4.69, 9.17) is 4.74 Å². The first-order valence-electron chi connectivity index (χ1n) is 5.30. The van der Waals surface area contributed by atoms with Crippen LogP contribution in [0.25, 0.3) is 0 Å². The number of rotatable bonds is 2. The Balaban J connectivity index is 2.96. The number of hydrogen-bond donors (Lipinski definition) is 1. The number of carbonyl (C=O) groups is 1. The van der Waals surface area contributed by atoms with Gasteiger partial charge < -0.3 is 10.1 Å². The lowest BCUT2D eigenvalue weighted by Crippen LogP contribution is -2.27. The molecule has 88 valence electrons. The van der Waals surface area contributed by atoms with E-state index in [0.29, 0.717) is 5.75 Å². The largest absolute Gasteiger partial charge is 0.495 e. The van der Waals surface area contributed by atoms with Gasteiger partial charge in [-0.3, -0.25) is 4.79 Å². The van der Waals surface area contributed by atoms with E-state index in [2.05, 4.69) is 5.32 Å². The van der Waals surface area contributed by atoms with Crippen LogP contribution in [0.15, 0.2) is 18.2 Å². The monoisotopic (exact) mass is 221 g/mol. The van der Waals surface area contributed by atoms with Crippen LogP contribution in [0.4, 0.5) is 5.69 Å². The van der Waals surface area contributed by atoms with Gasteiger partial charge in [0.25, 0.3) is 0 Å². The molecule has 0 bridgehead atoms. The number of ether oxygens (including phenoxy) is 1. The topological polar surface area (TPSA) is 38.3 Å². The normalized spacial score (nSPS) is 11.1. The summed E-state index contributed by atoms with van der Waals surface area (Å²) in [5.41, 5.74) is 1.40. The maximum Gasteiger partial charge on any atom is 0.229 e. The van der Waals surface area contributed by atoms with Gasteiger partial charge in [0, 0.05) is 5.41 Å². The number of carbonyl (C=O) groups excluding carboxylic acids is 1. The van der Waals surface area contributed by atoms with Crippen molar-refractivity contribution in [2.45, 2.75) is 27.7 Å². The molecule has 16 heavy (non-hydrogen) atoms. The summed E-state index contributed by atoms with van der Waals surface area (Å²) in [5, 5.41) is 2.88. The Kier molecular flexibility index (Phi) is 3.58. The summed E-state index contributed by atoms with van der Waals surface area (Å²) >= 11 is 0. The maximum atomic E-state index is 11.8. The molecule has 0 atom stereocenters. The van der Waals surface area contributed by atoms with E-state index in [0.717, 1.165) is 11.3 Å². The maximum absolute atomic E-state index is 11.8. The lowest BCUT2D eigenvalue weighted by Gasteiger charge is -2.19. The summed E-state index contributed by atoms with van der Waals surface area (Å²) in [6.07, 6.45) is 0. The number of hydrogen-bond acceptors (Lipinski definition) is 2. The van der Waals surface area contributed by atoms with Crippen LogP contribution in [0.3, 0.4) is 0 Å². The first-order chi connectivity index (χ1) is 7.34. The SMILES string of the molecule is COc1ccc(C)cc1NC(=O)C(C)(C)C. The Morgan fingerprint density at radius 2 is 1.94 bits per heavy atom. The second kappa shape index (κ2) is 4.56. The van der Waals surface area contributed by atoms with Crippen LogP contribution in [-0.4, -0.2) is 13.0 Å². The minimum absolute atomic E-state index is 0.0172. The molecule has 0 aromatic heterocycles. The van der Waals surface area contributed by atoms with Crippen LogP contribution >= 0.6 is 0 Å². The molecule has 0 aliphatic heterocycles. The standard InChI is InChI=1S/C13H19NO2/c1-9-6-7-11(16-5)10(8-9)14-12(15)13(2,3)4/h6-8H,1-5H3,(H,14,15). The first-order valence-corrected chi connectivity index (χ1v) is 5.30. The van der Waals surface area contributed by atoms with Gasteiger partial charge >= 0.3 is 0 Å². The molecule has 1 aromatic rings. The van der Waals surface area contributed by atoms with Crippen LogP contribution in [0, 0.1) is 12.3 Å². The zero-order chi connectivity index (χ0) is 12.3. The Bertz CT molecular complexity index is 391. The van der Waals surface area contributed by atoms with E-state index in [9.17, 15) is 4.79 Å². The number of amides is 1. The number of aryl methyl sites for hydroxylation is 1. The second-order valence-corrected chi connectivity index (χ2v) is 4.91. The molecule has 0 aliphatic carbocycles. The second-order valence-electron chi connectivity index (χ2n) is 4.91. The third-order valence-corrected chi connectivity index (χ3v) is 2.28. The Hall–Kier alpha value is -1.51. The smallest absolute Gasteiger partial charge is 0.229 e. The summed E-state index contributed by atoms with van der Waals surface area (Å²) in [6.45, 7) is 7.62. The van der Waals surface area contributed by atoms with Crippen molar-refractivity contribution in [1.82, 2.24) is 0 Å². The minimum Gasteiger partial charge on any atom is -0.495 e. The Morgan fingerprint density at radius 1 is 1.31 bits per heavy atom. The minimum atomic E-state index is -0.408. The zero-order valence-electron chi connectivity index (χ0n) is 10.5. The average Bonchev–Trinajstić information content (AvgIpc) is 2.16. The van der Waals surface area contributed by atoms with Gasteiger partial charge in [0.1, 0.15) is 5.75 Å². The molecule has 1 N–H and O–H groups in total. The predicted octanol–water partition coefficient (Wildman–Crippen LogP) is 2.99. The van der Waals surface area contributed by atoms with Crippen LogP contribution in [0.2, 0.25) is 0 Å². The molecule has 3 heteroatoms. The third kappa shape index (κ3) is 2.99. The van der Waals surface area contributed by atoms with Crippen LogP contribution in [-0.2, 0) is 4.79 Å². The number of methoxy groups -OCH3 is 1. The highest BCUT2D eigenvalue weighted by Gasteiger charge is 2.22. The molecule has 0 unspecified atom stereocenters. The molecular weight excluding hydrogens is 202 g/mol. The summed E-state index contributed by atoms with van der Waals surface area (Å²) in [6, 6.07) is 5.71. The fourth-order valence-electron chi connectivity index (χ4n) is 1.23. The summed E-state index contributed by atoms with van der Waals surface area (Å²) in [5.74, 6) is 0.666. The third-order valence-electron chi connectivity index (χ3n) is 2.28. The fourth-order valence-corrected chi connectivity index (χ4v) is 1.23. The van der Waals surface area contributed by atoms with Gasteiger partial charge in [0.2, 0.25) is 5.91 Å². The molecule has 1 rings (SSSR count). The Labute approximate surface area is 96.8 Å². The van der Waals surface area contributed by atoms with Crippen molar-refractivity contribution in [2.24, 2.45) is 5.41 Å². The predicted molar refractivity (Wildman–Crippen MR) is 65.8 cm³/mol. The highest BCUT2D eigenvalue weighted by Crippen LogP contribution is 2.27. The summed E-state index contributed by atoms with van der Waals surface area (Å²) < 4.78 is 5.20. The lowest BCUT2D eigenvalue weighted by molar-refractivity contribution is -0.123. The van der Waals surface area contributed by atoms with Crippen molar-refractivity contribution in [1.29, 1.82) is 0 Å². The van der Waals surface area contributed by atoms with Crippen molar-refractivity contribution in [3.05, 3.63) is 23.8 Å². The quantitative estimate of drug-likeness (QED) is 0.833. The van der Waals surface area contributed by atoms with E-state index in [1.165, 1.54) is 0 Å². The zero-order valence-corrected chi connectivity index (χ0v) is 10.5.